The largest absolute Gasteiger partial charge is 0.492 e. The van der Waals surface area contributed by atoms with E-state index in [4.69, 9.17) is 10.5 Å². The Morgan fingerprint density at radius 2 is 2.20 bits per heavy atom. The summed E-state index contributed by atoms with van der Waals surface area (Å²) in [7, 11) is 0. The maximum absolute atomic E-state index is 12.9. The Labute approximate surface area is 121 Å². The van der Waals surface area contributed by atoms with Crippen LogP contribution in [-0.2, 0) is 4.79 Å². The third-order valence-electron chi connectivity index (χ3n) is 2.53. The highest BCUT2D eigenvalue weighted by atomic mass is 32.2. The normalized spacial score (nSPS) is 12.0. The third kappa shape index (κ3) is 5.75. The van der Waals surface area contributed by atoms with E-state index in [1.165, 1.54) is 6.07 Å². The van der Waals surface area contributed by atoms with Gasteiger partial charge in [-0.2, -0.15) is 11.8 Å². The van der Waals surface area contributed by atoms with Crippen molar-refractivity contribution in [1.29, 1.82) is 0 Å². The minimum atomic E-state index is -0.967. The van der Waals surface area contributed by atoms with Gasteiger partial charge in [-0.1, -0.05) is 0 Å². The first-order valence-electron chi connectivity index (χ1n) is 6.14. The Hall–Kier alpha value is -1.34. The summed E-state index contributed by atoms with van der Waals surface area (Å²) in [4.78, 5) is 11.5. The van der Waals surface area contributed by atoms with Crippen molar-refractivity contribution in [2.75, 3.05) is 25.2 Å². The number of ether oxygens (including phenoxy) is 1. The second-order valence-corrected chi connectivity index (χ2v) is 5.09. The second kappa shape index (κ2) is 8.76. The molecule has 4 nitrogen and oxygen atoms in total. The zero-order valence-electron chi connectivity index (χ0n) is 11.2. The Morgan fingerprint density at radius 1 is 1.45 bits per heavy atom. The van der Waals surface area contributed by atoms with Crippen LogP contribution in [0, 0.1) is 11.6 Å². The van der Waals surface area contributed by atoms with Crippen LogP contribution in [0.5, 0.6) is 5.75 Å². The van der Waals surface area contributed by atoms with Gasteiger partial charge >= 0.3 is 0 Å². The molecular formula is C13H18F2N2O2S. The predicted octanol–water partition coefficient (Wildman–Crippen LogP) is 1.54. The van der Waals surface area contributed by atoms with Crippen LogP contribution in [0.4, 0.5) is 8.78 Å². The van der Waals surface area contributed by atoms with Crippen molar-refractivity contribution in [3.63, 3.8) is 0 Å². The number of carbonyl (C=O) groups is 1. The molecule has 0 heterocycles. The number of nitrogens with two attached hydrogens (primary N) is 1. The minimum absolute atomic E-state index is 0.159. The van der Waals surface area contributed by atoms with Crippen LogP contribution < -0.4 is 15.8 Å². The van der Waals surface area contributed by atoms with Gasteiger partial charge in [-0.05, 0) is 30.6 Å². The smallest absolute Gasteiger partial charge is 0.237 e. The van der Waals surface area contributed by atoms with Crippen molar-refractivity contribution in [1.82, 2.24) is 5.32 Å². The molecular weight excluding hydrogens is 286 g/mol. The molecule has 112 valence electrons. The molecule has 0 aliphatic carbocycles. The number of hydrogen-bond acceptors (Lipinski definition) is 4. The quantitative estimate of drug-likeness (QED) is 0.715. The van der Waals surface area contributed by atoms with Crippen LogP contribution in [0.2, 0.25) is 0 Å². The average molecular weight is 304 g/mol. The molecule has 0 spiro atoms. The Bertz CT molecular complexity index is 446. The zero-order chi connectivity index (χ0) is 15.0. The van der Waals surface area contributed by atoms with E-state index in [0.717, 1.165) is 17.9 Å². The highest BCUT2D eigenvalue weighted by Gasteiger charge is 2.11. The monoisotopic (exact) mass is 304 g/mol. The number of benzene rings is 1. The van der Waals surface area contributed by atoms with Crippen molar-refractivity contribution < 1.29 is 18.3 Å². The number of rotatable bonds is 8. The van der Waals surface area contributed by atoms with Gasteiger partial charge in [0.05, 0.1) is 12.6 Å². The summed E-state index contributed by atoms with van der Waals surface area (Å²) in [6.07, 6.45) is 2.55. The van der Waals surface area contributed by atoms with Crippen LogP contribution in [0.25, 0.3) is 0 Å². The number of nitrogens with one attached hydrogen (secondary N) is 1. The van der Waals surface area contributed by atoms with Crippen LogP contribution in [0.15, 0.2) is 18.2 Å². The first kappa shape index (κ1) is 16.7. The van der Waals surface area contributed by atoms with Gasteiger partial charge in [0.1, 0.15) is 12.4 Å². The van der Waals surface area contributed by atoms with E-state index >= 15 is 0 Å². The maximum Gasteiger partial charge on any atom is 0.237 e. The van der Waals surface area contributed by atoms with E-state index in [1.54, 1.807) is 11.8 Å². The third-order valence-corrected chi connectivity index (χ3v) is 3.17. The second-order valence-electron chi connectivity index (χ2n) is 4.10. The lowest BCUT2D eigenvalue weighted by Gasteiger charge is -2.12. The van der Waals surface area contributed by atoms with E-state index in [1.807, 2.05) is 6.26 Å². The van der Waals surface area contributed by atoms with Crippen LogP contribution in [0.3, 0.4) is 0 Å². The lowest BCUT2D eigenvalue weighted by atomic mass is 10.2. The van der Waals surface area contributed by atoms with Gasteiger partial charge in [0, 0.05) is 6.07 Å². The van der Waals surface area contributed by atoms with E-state index in [9.17, 15) is 13.6 Å². The van der Waals surface area contributed by atoms with Crippen molar-refractivity contribution in [3.05, 3.63) is 29.8 Å². The Balaban J connectivity index is 2.24. The van der Waals surface area contributed by atoms with Crippen molar-refractivity contribution in [2.45, 2.75) is 12.5 Å². The van der Waals surface area contributed by atoms with Gasteiger partial charge in [0.2, 0.25) is 5.91 Å². The molecule has 1 aromatic rings. The molecule has 20 heavy (non-hydrogen) atoms. The van der Waals surface area contributed by atoms with Gasteiger partial charge in [0.25, 0.3) is 0 Å². The molecule has 3 N–H and O–H groups in total. The average Bonchev–Trinajstić information content (AvgIpc) is 2.44. The molecule has 0 saturated heterocycles. The standard InChI is InChI=1S/C13H18F2N2O2S/c1-20-7-4-12(16)13(18)17-5-6-19-9-2-3-10(14)11(15)8-9/h2-3,8,12H,4-7,16H2,1H3,(H,17,18)/t12-/m0/s1. The summed E-state index contributed by atoms with van der Waals surface area (Å²) in [5, 5.41) is 2.62. The molecule has 0 aromatic heterocycles. The van der Waals surface area contributed by atoms with Crippen molar-refractivity contribution in [2.24, 2.45) is 5.73 Å². The van der Waals surface area contributed by atoms with E-state index in [2.05, 4.69) is 5.32 Å². The Kier molecular flexibility index (Phi) is 7.32. The molecule has 1 amide bonds. The SMILES string of the molecule is CSCC[C@H](N)C(=O)NCCOc1ccc(F)c(F)c1. The van der Waals surface area contributed by atoms with Gasteiger partial charge < -0.3 is 15.8 Å². The highest BCUT2D eigenvalue weighted by molar-refractivity contribution is 7.98. The van der Waals surface area contributed by atoms with E-state index in [0.29, 0.717) is 6.42 Å². The first-order valence-corrected chi connectivity index (χ1v) is 7.54. The molecule has 0 bridgehead atoms. The number of halogens is 2. The maximum atomic E-state index is 12.9. The van der Waals surface area contributed by atoms with Gasteiger partial charge in [-0.3, -0.25) is 4.79 Å². The number of amides is 1. The van der Waals surface area contributed by atoms with Gasteiger partial charge in [-0.15, -0.1) is 0 Å². The summed E-state index contributed by atoms with van der Waals surface area (Å²) in [5.74, 6) is -1.10. The zero-order valence-corrected chi connectivity index (χ0v) is 12.0. The summed E-state index contributed by atoms with van der Waals surface area (Å²) < 4.78 is 30.8. The fraction of sp³-hybridized carbons (Fsp3) is 0.462. The fourth-order valence-electron chi connectivity index (χ4n) is 1.42. The topological polar surface area (TPSA) is 64.4 Å². The molecule has 0 unspecified atom stereocenters. The Morgan fingerprint density at radius 3 is 2.85 bits per heavy atom. The fourth-order valence-corrected chi connectivity index (χ4v) is 1.91. The lowest BCUT2D eigenvalue weighted by Crippen LogP contribution is -2.42. The molecule has 0 saturated carbocycles. The molecule has 0 fully saturated rings. The summed E-state index contributed by atoms with van der Waals surface area (Å²) in [6, 6.07) is 2.73. The van der Waals surface area contributed by atoms with E-state index in [-0.39, 0.29) is 24.8 Å². The first-order chi connectivity index (χ1) is 9.54. The highest BCUT2D eigenvalue weighted by Crippen LogP contribution is 2.14. The number of carbonyl (C=O) groups excluding carboxylic acids is 1. The summed E-state index contributed by atoms with van der Waals surface area (Å²) in [5.41, 5.74) is 5.68. The lowest BCUT2D eigenvalue weighted by molar-refractivity contribution is -0.122. The molecule has 7 heteroatoms. The molecule has 0 aliphatic rings. The van der Waals surface area contributed by atoms with Crippen molar-refractivity contribution in [3.8, 4) is 5.75 Å². The van der Waals surface area contributed by atoms with Crippen LogP contribution in [-0.4, -0.2) is 37.1 Å². The molecule has 0 radical (unpaired) electrons. The van der Waals surface area contributed by atoms with Crippen LogP contribution in [0.1, 0.15) is 6.42 Å². The number of thioether (sulfide) groups is 1. The molecule has 0 aliphatic heterocycles. The van der Waals surface area contributed by atoms with E-state index < -0.39 is 17.7 Å². The summed E-state index contributed by atoms with van der Waals surface area (Å²) >= 11 is 1.62. The molecule has 1 atom stereocenters. The summed E-state index contributed by atoms with van der Waals surface area (Å²) in [6.45, 7) is 0.414. The van der Waals surface area contributed by atoms with Crippen LogP contribution >= 0.6 is 11.8 Å². The van der Waals surface area contributed by atoms with Crippen molar-refractivity contribution >= 4 is 17.7 Å². The minimum Gasteiger partial charge on any atom is -0.492 e. The number of hydrogen-bond donors (Lipinski definition) is 2. The van der Waals surface area contributed by atoms with Gasteiger partial charge in [0.15, 0.2) is 11.6 Å². The molecule has 1 rings (SSSR count). The molecule has 1 aromatic carbocycles. The predicted molar refractivity (Wildman–Crippen MR) is 75.8 cm³/mol. The van der Waals surface area contributed by atoms with Gasteiger partial charge in [-0.25, -0.2) is 8.78 Å².